The molecule has 3 atom stereocenters. The average molecular weight is 789 g/mol. The van der Waals surface area contributed by atoms with Crippen LogP contribution in [0.5, 0.6) is 0 Å². The zero-order valence-corrected chi connectivity index (χ0v) is 38.2. The van der Waals surface area contributed by atoms with Gasteiger partial charge in [-0.2, -0.15) is 0 Å². The lowest BCUT2D eigenvalue weighted by Crippen LogP contribution is -2.60. The monoisotopic (exact) mass is 789 g/mol. The van der Waals surface area contributed by atoms with Crippen LogP contribution in [0.3, 0.4) is 0 Å². The Morgan fingerprint density at radius 3 is 2.07 bits per heavy atom. The van der Waals surface area contributed by atoms with Crippen molar-refractivity contribution in [3.63, 3.8) is 0 Å². The van der Waals surface area contributed by atoms with Crippen molar-refractivity contribution in [3.8, 4) is 0 Å². The number of anilines is 4. The Balaban J connectivity index is 1.23. The van der Waals surface area contributed by atoms with E-state index in [0.29, 0.717) is 17.8 Å². The normalized spacial score (nSPS) is 22.1. The number of allylic oxidation sites excluding steroid dienone is 8. The van der Waals surface area contributed by atoms with E-state index in [0.717, 1.165) is 25.7 Å². The van der Waals surface area contributed by atoms with Gasteiger partial charge >= 0.3 is 0 Å². The molecular weight excluding hydrogens is 723 g/mol. The molecule has 4 aromatic rings. The lowest BCUT2D eigenvalue weighted by Gasteiger charge is -2.50. The van der Waals surface area contributed by atoms with Crippen molar-refractivity contribution in [2.24, 2.45) is 11.3 Å². The Bertz CT molecular complexity index is 2560. The van der Waals surface area contributed by atoms with Crippen molar-refractivity contribution in [2.75, 3.05) is 9.80 Å². The fourth-order valence-electron chi connectivity index (χ4n) is 12.0. The Kier molecular flexibility index (Phi) is 8.94. The van der Waals surface area contributed by atoms with E-state index in [2.05, 4.69) is 201 Å². The number of nitrogens with zero attached hydrogens (tertiary/aromatic N) is 2. The van der Waals surface area contributed by atoms with Gasteiger partial charge in [0.25, 0.3) is 0 Å². The van der Waals surface area contributed by atoms with Crippen LogP contribution in [-0.4, -0.2) is 12.8 Å². The van der Waals surface area contributed by atoms with Crippen LogP contribution in [0.25, 0.3) is 0 Å². The first-order chi connectivity index (χ1) is 28.4. The molecule has 0 radical (unpaired) electrons. The van der Waals surface area contributed by atoms with Crippen LogP contribution >= 0.6 is 0 Å². The van der Waals surface area contributed by atoms with Gasteiger partial charge < -0.3 is 9.80 Å². The minimum Gasteiger partial charge on any atom is -0.338 e. The Hall–Kier alpha value is -4.76. The van der Waals surface area contributed by atoms with E-state index in [9.17, 15) is 0 Å². The second kappa shape index (κ2) is 13.6. The van der Waals surface area contributed by atoms with Gasteiger partial charge in [0, 0.05) is 33.9 Å². The first kappa shape index (κ1) is 39.4. The third-order valence-electron chi connectivity index (χ3n) is 15.8. The third kappa shape index (κ3) is 6.03. The minimum atomic E-state index is -0.0356. The molecule has 3 heteroatoms. The quantitative estimate of drug-likeness (QED) is 0.186. The van der Waals surface area contributed by atoms with Crippen LogP contribution in [0.15, 0.2) is 143 Å². The van der Waals surface area contributed by atoms with Crippen molar-refractivity contribution in [1.82, 2.24) is 0 Å². The molecule has 0 amide bonds. The number of hydrogen-bond donors (Lipinski definition) is 0. The van der Waals surface area contributed by atoms with E-state index in [1.54, 1.807) is 22.4 Å². The summed E-state index contributed by atoms with van der Waals surface area (Å²) in [6.45, 7) is 26.7. The van der Waals surface area contributed by atoms with Crippen LogP contribution in [-0.2, 0) is 16.2 Å². The SMILES string of the molecule is Cc1cc2c3c(c1)N1C4=C(C=C(C(C)(C)C5=CC=CCC5)CC4B3c3cc(C(C)(C)C)ccc3N2c2ccc(C(C)(C)C)cc2)C2=CC(C(C)(C)c3ccccc3)CCC21. The summed E-state index contributed by atoms with van der Waals surface area (Å²) in [5.74, 6) is 0.789. The average Bonchev–Trinajstić information content (AvgIpc) is 3.56. The van der Waals surface area contributed by atoms with Crippen molar-refractivity contribution in [2.45, 2.75) is 136 Å². The molecule has 0 saturated heterocycles. The van der Waals surface area contributed by atoms with Crippen LogP contribution in [0, 0.1) is 18.3 Å². The molecule has 306 valence electrons. The highest BCUT2D eigenvalue weighted by Gasteiger charge is 2.55. The molecule has 0 fully saturated rings. The van der Waals surface area contributed by atoms with E-state index in [-0.39, 0.29) is 28.4 Å². The molecule has 0 bridgehead atoms. The summed E-state index contributed by atoms with van der Waals surface area (Å²) in [5, 5.41) is 0. The summed E-state index contributed by atoms with van der Waals surface area (Å²) >= 11 is 0. The maximum absolute atomic E-state index is 2.89. The molecule has 0 aromatic heterocycles. The Morgan fingerprint density at radius 2 is 1.38 bits per heavy atom. The maximum atomic E-state index is 2.89. The number of hydrogen-bond acceptors (Lipinski definition) is 2. The zero-order chi connectivity index (χ0) is 42.1. The lowest BCUT2D eigenvalue weighted by atomic mass is 9.28. The fourth-order valence-corrected chi connectivity index (χ4v) is 12.0. The van der Waals surface area contributed by atoms with Crippen molar-refractivity contribution < 1.29 is 0 Å². The number of rotatable bonds is 5. The molecule has 2 nitrogen and oxygen atoms in total. The van der Waals surface area contributed by atoms with Gasteiger partial charge in [-0.05, 0) is 142 Å². The van der Waals surface area contributed by atoms with Crippen molar-refractivity contribution >= 4 is 40.4 Å². The van der Waals surface area contributed by atoms with Crippen LogP contribution in [0.4, 0.5) is 22.7 Å². The molecule has 10 rings (SSSR count). The lowest BCUT2D eigenvalue weighted by molar-refractivity contribution is 0.333. The standard InChI is InChI=1S/C57H65BN2/c1-36-30-50-52-51(31-36)60-48-28-25-41(56(8,9)38-18-14-12-15-19-38)32-44(48)45-33-42(57(10,11)39-20-16-13-17-21-39)35-47(53(45)60)58(52)46-34-40(55(5,6)7)24-29-49(46)59(50)43-26-22-37(23-27-43)54(2,3)4/h12-16,18-20,22-24,26-27,29-34,41,47-48H,17,21,25,28,35H2,1-11H3. The molecule has 3 unspecified atom stereocenters. The van der Waals surface area contributed by atoms with E-state index in [4.69, 9.17) is 0 Å². The fraction of sp³-hybridized carbons (Fsp3) is 0.404. The van der Waals surface area contributed by atoms with E-state index >= 15 is 0 Å². The summed E-state index contributed by atoms with van der Waals surface area (Å²) < 4.78 is 0. The molecule has 0 spiro atoms. The summed E-state index contributed by atoms with van der Waals surface area (Å²) in [6, 6.07) is 33.7. The summed E-state index contributed by atoms with van der Waals surface area (Å²) in [5.41, 5.74) is 21.9. The molecule has 3 aliphatic carbocycles. The number of benzene rings is 4. The first-order valence-electron chi connectivity index (χ1n) is 23.0. The van der Waals surface area contributed by atoms with Gasteiger partial charge in [-0.1, -0.05) is 165 Å². The number of aryl methyl sites for hydroxylation is 1. The Labute approximate surface area is 362 Å². The van der Waals surface area contributed by atoms with Crippen molar-refractivity contribution in [3.05, 3.63) is 166 Å². The van der Waals surface area contributed by atoms with Crippen LogP contribution < -0.4 is 20.7 Å². The van der Waals surface area contributed by atoms with Crippen LogP contribution in [0.2, 0.25) is 5.82 Å². The highest BCUT2D eigenvalue weighted by molar-refractivity contribution is 6.91. The summed E-state index contributed by atoms with van der Waals surface area (Å²) in [6.07, 6.45) is 18.2. The van der Waals surface area contributed by atoms with Gasteiger partial charge in [0.2, 0.25) is 6.71 Å². The topological polar surface area (TPSA) is 6.48 Å². The first-order valence-corrected chi connectivity index (χ1v) is 23.0. The highest BCUT2D eigenvalue weighted by Crippen LogP contribution is 2.60. The van der Waals surface area contributed by atoms with E-state index in [1.165, 1.54) is 67.9 Å². The molecule has 0 N–H and O–H groups in total. The van der Waals surface area contributed by atoms with Crippen LogP contribution in [0.1, 0.15) is 124 Å². The molecule has 60 heavy (non-hydrogen) atoms. The van der Waals surface area contributed by atoms with Gasteiger partial charge in [-0.25, -0.2) is 0 Å². The highest BCUT2D eigenvalue weighted by atomic mass is 15.2. The van der Waals surface area contributed by atoms with Gasteiger partial charge in [0.05, 0.1) is 6.04 Å². The van der Waals surface area contributed by atoms with E-state index in [1.807, 2.05) is 0 Å². The zero-order valence-electron chi connectivity index (χ0n) is 38.2. The molecule has 3 aliphatic heterocycles. The smallest absolute Gasteiger partial charge is 0.226 e. The molecule has 3 heterocycles. The summed E-state index contributed by atoms with van der Waals surface area (Å²) in [7, 11) is 0. The molecular formula is C57H65BN2. The van der Waals surface area contributed by atoms with Crippen molar-refractivity contribution in [1.29, 1.82) is 0 Å². The number of fused-ring (bicyclic) bond motifs is 7. The predicted octanol–water partition coefficient (Wildman–Crippen LogP) is 13.8. The summed E-state index contributed by atoms with van der Waals surface area (Å²) in [4.78, 5) is 5.52. The predicted molar refractivity (Wildman–Crippen MR) is 259 cm³/mol. The van der Waals surface area contributed by atoms with Gasteiger partial charge in [0.1, 0.15) is 0 Å². The van der Waals surface area contributed by atoms with Gasteiger partial charge in [0.15, 0.2) is 0 Å². The third-order valence-corrected chi connectivity index (χ3v) is 15.8. The Morgan fingerprint density at radius 1 is 0.683 bits per heavy atom. The minimum absolute atomic E-state index is 0.0318. The second-order valence-electron chi connectivity index (χ2n) is 22.2. The largest absolute Gasteiger partial charge is 0.338 e. The van der Waals surface area contributed by atoms with Gasteiger partial charge in [-0.15, -0.1) is 0 Å². The van der Waals surface area contributed by atoms with E-state index < -0.39 is 0 Å². The molecule has 0 saturated carbocycles. The molecule has 4 aromatic carbocycles. The molecule has 6 aliphatic rings. The maximum Gasteiger partial charge on any atom is 0.226 e. The second-order valence-corrected chi connectivity index (χ2v) is 22.2. The van der Waals surface area contributed by atoms with Gasteiger partial charge in [-0.3, -0.25) is 0 Å².